The Balaban J connectivity index is 1.39. The molecule has 10 rings (SSSR count). The van der Waals surface area contributed by atoms with Gasteiger partial charge in [0.15, 0.2) is 5.75 Å². The monoisotopic (exact) mass is 603 g/mol. The molecule has 0 N–H and O–H groups in total. The van der Waals surface area contributed by atoms with E-state index in [1.807, 2.05) is 41.5 Å². The van der Waals surface area contributed by atoms with Crippen molar-refractivity contribution < 1.29 is 4.84 Å². The van der Waals surface area contributed by atoms with Gasteiger partial charge in [0, 0.05) is 37.5 Å². The zero-order valence-corrected chi connectivity index (χ0v) is 25.3. The fourth-order valence-corrected chi connectivity index (χ4v) is 8.28. The summed E-state index contributed by atoms with van der Waals surface area (Å²) < 4.78 is 2.34. The third-order valence-corrected chi connectivity index (χ3v) is 10.2. The van der Waals surface area contributed by atoms with Gasteiger partial charge in [0.25, 0.3) is 5.95 Å². The van der Waals surface area contributed by atoms with Gasteiger partial charge in [0.1, 0.15) is 13.5 Å². The van der Waals surface area contributed by atoms with Gasteiger partial charge in [-0.05, 0) is 33.7 Å². The summed E-state index contributed by atoms with van der Waals surface area (Å²) in [7, 11) is 6.60. The molecule has 0 atom stereocenters. The maximum Gasteiger partial charge on any atom is 0.265 e. The van der Waals surface area contributed by atoms with Gasteiger partial charge in [-0.2, -0.15) is 0 Å². The maximum atomic E-state index is 6.96. The summed E-state index contributed by atoms with van der Waals surface area (Å²) in [5.74, 6) is 1.18. The van der Waals surface area contributed by atoms with Gasteiger partial charge in [-0.15, -0.1) is 16.4 Å². The van der Waals surface area contributed by atoms with E-state index in [1.54, 1.807) is 11.3 Å². The minimum absolute atomic E-state index is 0.429. The standard InChI is InChI=1S/C40H22BN3OS/c41-30-19-10-18-29-36(24-12-2-1-3-13-24)42-40(43-37(29)30)44-38-35(34-25-14-5-4-11-23(25)21-22-31(34)45-44)27-16-7-6-15-26(27)33-28-17-8-9-20-32(28)46-39(33)38/h1-22H. The van der Waals surface area contributed by atoms with E-state index < -0.39 is 0 Å². The quantitative estimate of drug-likeness (QED) is 0.184. The molecule has 1 aliphatic rings. The minimum atomic E-state index is 0.429. The van der Waals surface area contributed by atoms with Crippen LogP contribution < -0.4 is 15.4 Å². The lowest BCUT2D eigenvalue weighted by molar-refractivity contribution is 0.316. The molecule has 9 aromatic rings. The number of rotatable bonds is 2. The van der Waals surface area contributed by atoms with Crippen LogP contribution >= 0.6 is 11.3 Å². The van der Waals surface area contributed by atoms with Crippen LogP contribution in [0.1, 0.15) is 0 Å². The van der Waals surface area contributed by atoms with E-state index in [1.165, 1.54) is 20.9 Å². The highest BCUT2D eigenvalue weighted by molar-refractivity contribution is 7.26. The lowest BCUT2D eigenvalue weighted by Crippen LogP contribution is -2.28. The summed E-state index contributed by atoms with van der Waals surface area (Å²) in [5, 5.41) is 9.82. The Morgan fingerprint density at radius 1 is 0.587 bits per heavy atom. The van der Waals surface area contributed by atoms with Crippen LogP contribution in [0.25, 0.3) is 75.0 Å². The van der Waals surface area contributed by atoms with Crippen LogP contribution in [0.4, 0.5) is 11.6 Å². The first-order valence-corrected chi connectivity index (χ1v) is 16.0. The molecular weight excluding hydrogens is 581 g/mol. The Labute approximate surface area is 269 Å². The number of fused-ring (bicyclic) bond motifs is 13. The molecule has 212 valence electrons. The van der Waals surface area contributed by atoms with Crippen LogP contribution in [0.5, 0.6) is 5.75 Å². The average molecular weight is 604 g/mol. The van der Waals surface area contributed by atoms with Gasteiger partial charge in [-0.25, -0.2) is 9.97 Å². The number of anilines is 2. The van der Waals surface area contributed by atoms with E-state index in [9.17, 15) is 0 Å². The van der Waals surface area contributed by atoms with Crippen molar-refractivity contribution in [2.24, 2.45) is 0 Å². The van der Waals surface area contributed by atoms with E-state index in [0.29, 0.717) is 16.9 Å². The van der Waals surface area contributed by atoms with E-state index in [2.05, 4.69) is 97.1 Å². The first-order valence-electron chi connectivity index (χ1n) is 15.2. The van der Waals surface area contributed by atoms with Gasteiger partial charge in [0.2, 0.25) is 0 Å². The van der Waals surface area contributed by atoms with Crippen molar-refractivity contribution in [3.05, 3.63) is 133 Å². The van der Waals surface area contributed by atoms with Crippen LogP contribution in [0, 0.1) is 0 Å². The maximum absolute atomic E-state index is 6.96. The molecule has 3 heterocycles. The summed E-state index contributed by atoms with van der Waals surface area (Å²) in [6.07, 6.45) is 0. The van der Waals surface area contributed by atoms with Crippen molar-refractivity contribution in [2.45, 2.75) is 0 Å². The van der Waals surface area contributed by atoms with Crippen LogP contribution in [0.15, 0.2) is 133 Å². The van der Waals surface area contributed by atoms with Crippen LogP contribution in [0.3, 0.4) is 0 Å². The third-order valence-electron chi connectivity index (χ3n) is 9.02. The highest BCUT2D eigenvalue weighted by Gasteiger charge is 2.34. The Hall–Kier alpha value is -5.72. The normalized spacial score (nSPS) is 12.6. The number of hydrogen-bond donors (Lipinski definition) is 0. The van der Waals surface area contributed by atoms with Crippen molar-refractivity contribution in [2.75, 3.05) is 5.06 Å². The average Bonchev–Trinajstić information content (AvgIpc) is 3.51. The fourth-order valence-electron chi connectivity index (χ4n) is 7.03. The molecule has 2 radical (unpaired) electrons. The second kappa shape index (κ2) is 9.64. The number of hydrogen-bond acceptors (Lipinski definition) is 5. The zero-order chi connectivity index (χ0) is 30.4. The molecule has 1 aliphatic heterocycles. The Morgan fingerprint density at radius 2 is 1.30 bits per heavy atom. The first kappa shape index (κ1) is 25.6. The molecule has 0 saturated carbocycles. The molecule has 0 bridgehead atoms. The lowest BCUT2D eigenvalue weighted by Gasteiger charge is -2.33. The fraction of sp³-hybridized carbons (Fsp3) is 0. The van der Waals surface area contributed by atoms with Crippen molar-refractivity contribution in [3.8, 4) is 28.1 Å². The lowest BCUT2D eigenvalue weighted by atomic mass is 9.89. The van der Waals surface area contributed by atoms with E-state index >= 15 is 0 Å². The van der Waals surface area contributed by atoms with E-state index in [0.717, 1.165) is 60.1 Å². The predicted molar refractivity (Wildman–Crippen MR) is 193 cm³/mol. The molecular formula is C40H22BN3OS. The van der Waals surface area contributed by atoms with Crippen LogP contribution in [0.2, 0.25) is 0 Å². The number of nitrogens with zero attached hydrogens (tertiary/aromatic N) is 3. The summed E-state index contributed by atoms with van der Waals surface area (Å²) in [5.41, 5.74) is 6.18. The van der Waals surface area contributed by atoms with Gasteiger partial charge < -0.3 is 4.84 Å². The summed E-state index contributed by atoms with van der Waals surface area (Å²) in [6, 6.07) is 46.1. The molecule has 7 aromatic carbocycles. The smallest absolute Gasteiger partial charge is 0.265 e. The molecule has 6 heteroatoms. The second-order valence-corrected chi connectivity index (χ2v) is 12.7. The van der Waals surface area contributed by atoms with Gasteiger partial charge in [-0.1, -0.05) is 127 Å². The van der Waals surface area contributed by atoms with Crippen molar-refractivity contribution in [1.82, 2.24) is 9.97 Å². The van der Waals surface area contributed by atoms with Gasteiger partial charge in [-0.3, -0.25) is 0 Å². The summed E-state index contributed by atoms with van der Waals surface area (Å²) >= 11 is 1.78. The number of thiophene rings is 1. The number of benzene rings is 7. The SMILES string of the molecule is [B]c1cccc2c(-c3ccccc3)nc(N3Oc4ccc5ccccc5c4-c4c3c3sc5ccccc5c3c3ccccc43)nc12. The number of para-hydroxylation sites is 1. The molecule has 46 heavy (non-hydrogen) atoms. The zero-order valence-electron chi connectivity index (χ0n) is 24.4. The largest absolute Gasteiger partial charge is 0.371 e. The van der Waals surface area contributed by atoms with E-state index in [4.69, 9.17) is 22.7 Å². The molecule has 0 saturated heterocycles. The molecule has 4 nitrogen and oxygen atoms in total. The minimum Gasteiger partial charge on any atom is -0.371 e. The van der Waals surface area contributed by atoms with Crippen LogP contribution in [-0.2, 0) is 0 Å². The Morgan fingerprint density at radius 3 is 2.17 bits per heavy atom. The van der Waals surface area contributed by atoms with Gasteiger partial charge >= 0.3 is 0 Å². The highest BCUT2D eigenvalue weighted by atomic mass is 32.1. The third kappa shape index (κ3) is 3.56. The van der Waals surface area contributed by atoms with Crippen molar-refractivity contribution in [1.29, 1.82) is 0 Å². The molecule has 2 aromatic heterocycles. The van der Waals surface area contributed by atoms with Crippen molar-refractivity contribution >= 4 is 88.9 Å². The first-order chi connectivity index (χ1) is 22.7. The Kier molecular flexibility index (Phi) is 5.36. The van der Waals surface area contributed by atoms with Crippen LogP contribution in [-0.4, -0.2) is 17.8 Å². The van der Waals surface area contributed by atoms with Gasteiger partial charge in [0.05, 0.1) is 15.9 Å². The summed E-state index contributed by atoms with van der Waals surface area (Å²) in [6.45, 7) is 0. The van der Waals surface area contributed by atoms with E-state index in [-0.39, 0.29) is 0 Å². The van der Waals surface area contributed by atoms with Crippen molar-refractivity contribution in [3.63, 3.8) is 0 Å². The highest BCUT2D eigenvalue weighted by Crippen LogP contribution is 2.56. The second-order valence-electron chi connectivity index (χ2n) is 11.6. The molecule has 0 spiro atoms. The molecule has 0 aliphatic carbocycles. The molecule has 0 amide bonds. The summed E-state index contributed by atoms with van der Waals surface area (Å²) in [4.78, 5) is 17.3. The molecule has 0 fully saturated rings. The predicted octanol–water partition coefficient (Wildman–Crippen LogP) is 9.88. The number of aromatic nitrogens is 2. The Bertz CT molecular complexity index is 2700. The molecule has 0 unspecified atom stereocenters. The topological polar surface area (TPSA) is 38.2 Å².